The quantitative estimate of drug-likeness (QED) is 0.776. The highest BCUT2D eigenvalue weighted by atomic mass is 16.5. The predicted molar refractivity (Wildman–Crippen MR) is 90.1 cm³/mol. The molecule has 0 aliphatic heterocycles. The average Bonchev–Trinajstić information content (AvgIpc) is 2.75. The zero-order valence-corrected chi connectivity index (χ0v) is 14.2. The maximum atomic E-state index is 5.44. The Bertz CT molecular complexity index is 447. The molecule has 2 heteroatoms. The zero-order valence-electron chi connectivity index (χ0n) is 14.2. The molecule has 0 saturated heterocycles. The lowest BCUT2D eigenvalue weighted by molar-refractivity contribution is 0.366. The minimum absolute atomic E-state index is 0.470. The van der Waals surface area contributed by atoms with Crippen molar-refractivity contribution in [2.75, 3.05) is 14.2 Å². The van der Waals surface area contributed by atoms with Crippen molar-refractivity contribution < 1.29 is 4.74 Å². The predicted octanol–water partition coefficient (Wildman–Crippen LogP) is 4.93. The van der Waals surface area contributed by atoms with Gasteiger partial charge in [0.1, 0.15) is 5.75 Å². The third-order valence-corrected chi connectivity index (χ3v) is 5.05. The molecule has 0 spiro atoms. The highest BCUT2D eigenvalue weighted by Gasteiger charge is 2.20. The van der Waals surface area contributed by atoms with Crippen LogP contribution in [-0.2, 0) is 0 Å². The van der Waals surface area contributed by atoms with Gasteiger partial charge in [0.2, 0.25) is 0 Å². The number of hydrogen-bond acceptors (Lipinski definition) is 2. The highest BCUT2D eigenvalue weighted by molar-refractivity contribution is 5.42. The van der Waals surface area contributed by atoms with Crippen LogP contribution in [0.25, 0.3) is 0 Å². The van der Waals surface area contributed by atoms with Crippen molar-refractivity contribution in [2.24, 2.45) is 5.92 Å². The molecule has 1 aromatic rings. The summed E-state index contributed by atoms with van der Waals surface area (Å²) in [5.41, 5.74) is 4.02. The van der Waals surface area contributed by atoms with E-state index in [9.17, 15) is 0 Å². The molecule has 1 N–H and O–H groups in total. The topological polar surface area (TPSA) is 21.3 Å². The van der Waals surface area contributed by atoms with Crippen molar-refractivity contribution in [2.45, 2.75) is 64.8 Å². The maximum absolute atomic E-state index is 5.44. The van der Waals surface area contributed by atoms with Crippen LogP contribution in [0, 0.1) is 19.8 Å². The van der Waals surface area contributed by atoms with Crippen LogP contribution < -0.4 is 10.1 Å². The Labute approximate surface area is 130 Å². The molecule has 1 saturated carbocycles. The van der Waals surface area contributed by atoms with E-state index in [1.54, 1.807) is 7.11 Å². The van der Waals surface area contributed by atoms with E-state index >= 15 is 0 Å². The van der Waals surface area contributed by atoms with Crippen LogP contribution in [0.15, 0.2) is 12.1 Å². The van der Waals surface area contributed by atoms with E-state index in [4.69, 9.17) is 4.74 Å². The second kappa shape index (κ2) is 7.84. The molecule has 1 aliphatic carbocycles. The fourth-order valence-corrected chi connectivity index (χ4v) is 3.74. The van der Waals surface area contributed by atoms with E-state index < -0.39 is 0 Å². The lowest BCUT2D eigenvalue weighted by Crippen LogP contribution is -2.21. The summed E-state index contributed by atoms with van der Waals surface area (Å²) in [6, 6.07) is 4.96. The van der Waals surface area contributed by atoms with Gasteiger partial charge in [0.15, 0.2) is 0 Å². The number of aryl methyl sites for hydroxylation is 2. The first-order valence-electron chi connectivity index (χ1n) is 8.48. The lowest BCUT2D eigenvalue weighted by atomic mass is 9.87. The summed E-state index contributed by atoms with van der Waals surface area (Å²) in [5.74, 6) is 1.88. The summed E-state index contributed by atoms with van der Waals surface area (Å²) in [5, 5.41) is 3.55. The first-order valence-corrected chi connectivity index (χ1v) is 8.48. The van der Waals surface area contributed by atoms with Crippen molar-refractivity contribution in [3.63, 3.8) is 0 Å². The number of benzene rings is 1. The van der Waals surface area contributed by atoms with Gasteiger partial charge in [-0.2, -0.15) is 0 Å². The first-order chi connectivity index (χ1) is 10.2. The van der Waals surface area contributed by atoms with Gasteiger partial charge in [-0.15, -0.1) is 0 Å². The van der Waals surface area contributed by atoms with Crippen LogP contribution in [0.3, 0.4) is 0 Å². The Balaban J connectivity index is 2.14. The average molecular weight is 289 g/mol. The first kappa shape index (κ1) is 16.4. The summed E-state index contributed by atoms with van der Waals surface area (Å²) in [7, 11) is 3.85. The Kier molecular flexibility index (Phi) is 6.10. The third kappa shape index (κ3) is 4.23. The van der Waals surface area contributed by atoms with Gasteiger partial charge in [-0.1, -0.05) is 44.6 Å². The fraction of sp³-hybridized carbons (Fsp3) is 0.684. The molecule has 0 heterocycles. The minimum Gasteiger partial charge on any atom is -0.496 e. The Morgan fingerprint density at radius 3 is 2.33 bits per heavy atom. The van der Waals surface area contributed by atoms with Crippen LogP contribution >= 0.6 is 0 Å². The minimum atomic E-state index is 0.470. The Morgan fingerprint density at radius 1 is 1.10 bits per heavy atom. The largest absolute Gasteiger partial charge is 0.496 e. The highest BCUT2D eigenvalue weighted by Crippen LogP contribution is 2.34. The number of rotatable bonds is 5. The number of ether oxygens (including phenoxy) is 1. The Morgan fingerprint density at radius 2 is 1.76 bits per heavy atom. The van der Waals surface area contributed by atoms with E-state index in [0.29, 0.717) is 6.04 Å². The number of nitrogens with one attached hydrogen (secondary N) is 1. The van der Waals surface area contributed by atoms with Crippen molar-refractivity contribution >= 4 is 0 Å². The molecule has 1 unspecified atom stereocenters. The second-order valence-corrected chi connectivity index (χ2v) is 6.61. The van der Waals surface area contributed by atoms with Crippen molar-refractivity contribution in [1.82, 2.24) is 5.32 Å². The van der Waals surface area contributed by atoms with Crippen LogP contribution in [0.2, 0.25) is 0 Å². The molecule has 0 aromatic heterocycles. The van der Waals surface area contributed by atoms with Crippen LogP contribution in [0.5, 0.6) is 5.75 Å². The zero-order chi connectivity index (χ0) is 15.2. The van der Waals surface area contributed by atoms with Gasteiger partial charge in [0.05, 0.1) is 7.11 Å². The van der Waals surface area contributed by atoms with Crippen LogP contribution in [0.4, 0.5) is 0 Å². The summed E-state index contributed by atoms with van der Waals surface area (Å²) in [6.07, 6.45) is 9.79. The fourth-order valence-electron chi connectivity index (χ4n) is 3.74. The molecule has 0 amide bonds. The number of hydrogen-bond donors (Lipinski definition) is 1. The summed E-state index contributed by atoms with van der Waals surface area (Å²) in [4.78, 5) is 0. The van der Waals surface area contributed by atoms with Gasteiger partial charge in [-0.25, -0.2) is 0 Å². The molecule has 1 atom stereocenters. The van der Waals surface area contributed by atoms with Gasteiger partial charge in [0, 0.05) is 6.04 Å². The summed E-state index contributed by atoms with van der Waals surface area (Å²) >= 11 is 0. The molecule has 21 heavy (non-hydrogen) atoms. The number of methoxy groups -OCH3 is 1. The molecule has 1 aromatic carbocycles. The molecular formula is C19H31NO. The summed E-state index contributed by atoms with van der Waals surface area (Å²) in [6.45, 7) is 4.34. The maximum Gasteiger partial charge on any atom is 0.122 e. The third-order valence-electron chi connectivity index (χ3n) is 5.05. The molecular weight excluding hydrogens is 258 g/mol. The SMILES string of the molecule is CNC(CC1CCCCCC1)c1cc(C)c(OC)cc1C. The molecule has 1 aliphatic rings. The van der Waals surface area contributed by atoms with Gasteiger partial charge in [0.25, 0.3) is 0 Å². The standard InChI is InChI=1S/C19H31NO/c1-14-12-19(21-4)15(2)11-17(14)18(20-3)13-16-9-7-5-6-8-10-16/h11-12,16,18,20H,5-10,13H2,1-4H3. The molecule has 118 valence electrons. The normalized spacial score (nSPS) is 18.3. The van der Waals surface area contributed by atoms with E-state index in [-0.39, 0.29) is 0 Å². The Hall–Kier alpha value is -1.02. The van der Waals surface area contributed by atoms with Gasteiger partial charge in [-0.05, 0) is 56.0 Å². The molecule has 2 nitrogen and oxygen atoms in total. The lowest BCUT2D eigenvalue weighted by Gasteiger charge is -2.25. The van der Waals surface area contributed by atoms with Gasteiger partial charge < -0.3 is 10.1 Å². The monoisotopic (exact) mass is 289 g/mol. The van der Waals surface area contributed by atoms with Crippen molar-refractivity contribution in [3.05, 3.63) is 28.8 Å². The molecule has 0 bridgehead atoms. The molecule has 2 rings (SSSR count). The van der Waals surface area contributed by atoms with Crippen LogP contribution in [-0.4, -0.2) is 14.2 Å². The van der Waals surface area contributed by atoms with Gasteiger partial charge in [-0.3, -0.25) is 0 Å². The van der Waals surface area contributed by atoms with E-state index in [1.807, 2.05) is 0 Å². The van der Waals surface area contributed by atoms with Gasteiger partial charge >= 0.3 is 0 Å². The second-order valence-electron chi connectivity index (χ2n) is 6.61. The molecule has 1 fully saturated rings. The van der Waals surface area contributed by atoms with E-state index in [2.05, 4.69) is 38.3 Å². The van der Waals surface area contributed by atoms with Crippen LogP contribution in [0.1, 0.15) is 67.7 Å². The van der Waals surface area contributed by atoms with Crippen molar-refractivity contribution in [1.29, 1.82) is 0 Å². The summed E-state index contributed by atoms with van der Waals surface area (Å²) < 4.78 is 5.44. The van der Waals surface area contributed by atoms with E-state index in [1.165, 1.54) is 61.6 Å². The van der Waals surface area contributed by atoms with Crippen molar-refractivity contribution in [3.8, 4) is 5.75 Å². The smallest absolute Gasteiger partial charge is 0.122 e. The van der Waals surface area contributed by atoms with E-state index in [0.717, 1.165) is 11.7 Å². The molecule has 0 radical (unpaired) electrons.